The molecule has 1 amide bonds. The van der Waals surface area contributed by atoms with Gasteiger partial charge in [0.05, 0.1) is 11.6 Å². The molecule has 1 aromatic heterocycles. The third kappa shape index (κ3) is 3.91. The van der Waals surface area contributed by atoms with E-state index in [0.29, 0.717) is 6.54 Å². The molecule has 0 N–H and O–H groups in total. The fraction of sp³-hybridized carbons (Fsp3) is 0.421. The molecule has 3 rings (SSSR count). The highest BCUT2D eigenvalue weighted by atomic mass is 16.2. The molecule has 1 aliphatic heterocycles. The van der Waals surface area contributed by atoms with E-state index in [9.17, 15) is 4.79 Å². The van der Waals surface area contributed by atoms with Crippen molar-refractivity contribution in [1.82, 2.24) is 15.1 Å². The topological polar surface area (TPSA) is 49.3 Å². The Morgan fingerprint density at radius 1 is 1.21 bits per heavy atom. The van der Waals surface area contributed by atoms with E-state index in [-0.39, 0.29) is 11.8 Å². The first-order valence-corrected chi connectivity index (χ1v) is 8.47. The van der Waals surface area contributed by atoms with Crippen molar-refractivity contribution in [2.45, 2.75) is 26.3 Å². The van der Waals surface area contributed by atoms with Crippen LogP contribution in [0.3, 0.4) is 0 Å². The number of nitrogens with zero attached hydrogens (tertiary/aromatic N) is 4. The number of hydrogen-bond donors (Lipinski definition) is 0. The second-order valence-corrected chi connectivity index (χ2v) is 6.50. The Morgan fingerprint density at radius 3 is 2.71 bits per heavy atom. The maximum atomic E-state index is 12.8. The Hall–Kier alpha value is -2.43. The van der Waals surface area contributed by atoms with Gasteiger partial charge in [0, 0.05) is 26.7 Å². The van der Waals surface area contributed by atoms with Crippen molar-refractivity contribution < 1.29 is 4.79 Å². The van der Waals surface area contributed by atoms with Crippen molar-refractivity contribution in [1.29, 1.82) is 0 Å². The molecule has 0 radical (unpaired) electrons. The Labute approximate surface area is 143 Å². The molecule has 1 fully saturated rings. The second kappa shape index (κ2) is 7.43. The maximum Gasteiger partial charge on any atom is 0.227 e. The molecule has 24 heavy (non-hydrogen) atoms. The van der Waals surface area contributed by atoms with Crippen molar-refractivity contribution in [2.24, 2.45) is 5.92 Å². The number of aryl methyl sites for hydroxylation is 1. The van der Waals surface area contributed by atoms with Crippen LogP contribution in [0.1, 0.15) is 24.1 Å². The summed E-state index contributed by atoms with van der Waals surface area (Å²) in [7, 11) is 1.89. The first-order chi connectivity index (χ1) is 11.6. The van der Waals surface area contributed by atoms with Crippen LogP contribution in [0.25, 0.3) is 0 Å². The third-order valence-electron chi connectivity index (χ3n) is 4.52. The van der Waals surface area contributed by atoms with Gasteiger partial charge in [0.25, 0.3) is 0 Å². The number of benzene rings is 1. The summed E-state index contributed by atoms with van der Waals surface area (Å²) in [6.07, 6.45) is 1.94. The Bertz CT molecular complexity index is 672. The van der Waals surface area contributed by atoms with Gasteiger partial charge in [-0.1, -0.05) is 30.3 Å². The fourth-order valence-corrected chi connectivity index (χ4v) is 3.19. The van der Waals surface area contributed by atoms with Crippen LogP contribution in [0.5, 0.6) is 0 Å². The Kier molecular flexibility index (Phi) is 5.08. The normalized spacial score (nSPS) is 17.6. The van der Waals surface area contributed by atoms with Gasteiger partial charge in [0.1, 0.15) is 0 Å². The van der Waals surface area contributed by atoms with Crippen LogP contribution in [0.4, 0.5) is 5.82 Å². The highest BCUT2D eigenvalue weighted by Crippen LogP contribution is 2.23. The quantitative estimate of drug-likeness (QED) is 0.867. The van der Waals surface area contributed by atoms with Crippen LogP contribution in [-0.2, 0) is 11.3 Å². The van der Waals surface area contributed by atoms with E-state index >= 15 is 0 Å². The SMILES string of the molecule is Cc1ccc(N2CCCC(C(=O)N(C)Cc3ccccc3)C2)nn1. The van der Waals surface area contributed by atoms with Gasteiger partial charge in [-0.15, -0.1) is 5.10 Å². The van der Waals surface area contributed by atoms with Crippen LogP contribution in [-0.4, -0.2) is 41.1 Å². The third-order valence-corrected chi connectivity index (χ3v) is 4.52. The van der Waals surface area contributed by atoms with Gasteiger partial charge in [-0.05, 0) is 37.5 Å². The molecule has 1 unspecified atom stereocenters. The number of carbonyl (C=O) groups is 1. The zero-order valence-electron chi connectivity index (χ0n) is 14.4. The maximum absolute atomic E-state index is 12.8. The van der Waals surface area contributed by atoms with Crippen molar-refractivity contribution in [3.05, 3.63) is 53.7 Å². The molecule has 1 aromatic carbocycles. The van der Waals surface area contributed by atoms with Crippen molar-refractivity contribution in [3.8, 4) is 0 Å². The minimum Gasteiger partial charge on any atom is -0.354 e. The van der Waals surface area contributed by atoms with E-state index in [2.05, 4.69) is 27.2 Å². The molecule has 5 heteroatoms. The predicted octanol–water partition coefficient (Wildman–Crippen LogP) is 2.66. The molecular weight excluding hydrogens is 300 g/mol. The summed E-state index contributed by atoms with van der Waals surface area (Å²) in [5.74, 6) is 1.10. The van der Waals surface area contributed by atoms with Gasteiger partial charge in [-0.25, -0.2) is 0 Å². The van der Waals surface area contributed by atoms with Crippen molar-refractivity contribution in [2.75, 3.05) is 25.0 Å². The fourth-order valence-electron chi connectivity index (χ4n) is 3.19. The van der Waals surface area contributed by atoms with Gasteiger partial charge in [0.2, 0.25) is 5.91 Å². The molecular formula is C19H24N4O. The highest BCUT2D eigenvalue weighted by Gasteiger charge is 2.28. The number of anilines is 1. The molecule has 0 saturated carbocycles. The molecule has 2 heterocycles. The van der Waals surface area contributed by atoms with E-state index in [1.54, 1.807) is 0 Å². The van der Waals surface area contributed by atoms with Crippen LogP contribution in [0, 0.1) is 12.8 Å². The second-order valence-electron chi connectivity index (χ2n) is 6.50. The van der Waals surface area contributed by atoms with Gasteiger partial charge in [-0.2, -0.15) is 5.10 Å². The molecule has 5 nitrogen and oxygen atoms in total. The summed E-state index contributed by atoms with van der Waals surface area (Å²) < 4.78 is 0. The van der Waals surface area contributed by atoms with E-state index in [1.807, 2.05) is 49.2 Å². The summed E-state index contributed by atoms with van der Waals surface area (Å²) in [5, 5.41) is 8.39. The summed E-state index contributed by atoms with van der Waals surface area (Å²) >= 11 is 0. The number of hydrogen-bond acceptors (Lipinski definition) is 4. The average Bonchev–Trinajstić information content (AvgIpc) is 2.62. The predicted molar refractivity (Wildman–Crippen MR) is 94.6 cm³/mol. The van der Waals surface area contributed by atoms with Crippen LogP contribution >= 0.6 is 0 Å². The van der Waals surface area contributed by atoms with E-state index in [4.69, 9.17) is 0 Å². The minimum atomic E-state index is 0.0237. The lowest BCUT2D eigenvalue weighted by Crippen LogP contribution is -2.43. The van der Waals surface area contributed by atoms with Gasteiger partial charge >= 0.3 is 0 Å². The lowest BCUT2D eigenvalue weighted by atomic mass is 9.96. The van der Waals surface area contributed by atoms with Gasteiger partial charge in [-0.3, -0.25) is 4.79 Å². The number of rotatable bonds is 4. The summed E-state index contributed by atoms with van der Waals surface area (Å²) in [5.41, 5.74) is 2.07. The monoisotopic (exact) mass is 324 g/mol. The average molecular weight is 324 g/mol. The first kappa shape index (κ1) is 16.4. The van der Waals surface area contributed by atoms with Crippen molar-refractivity contribution >= 4 is 11.7 Å². The number of aromatic nitrogens is 2. The zero-order chi connectivity index (χ0) is 16.9. The summed E-state index contributed by atoms with van der Waals surface area (Å²) in [6.45, 7) is 4.23. The molecule has 1 atom stereocenters. The van der Waals surface area contributed by atoms with E-state index in [0.717, 1.165) is 43.0 Å². The van der Waals surface area contributed by atoms with Crippen LogP contribution in [0.15, 0.2) is 42.5 Å². The summed E-state index contributed by atoms with van der Waals surface area (Å²) in [6, 6.07) is 14.1. The highest BCUT2D eigenvalue weighted by molar-refractivity contribution is 5.79. The van der Waals surface area contributed by atoms with Crippen LogP contribution < -0.4 is 4.90 Å². The van der Waals surface area contributed by atoms with E-state index < -0.39 is 0 Å². The zero-order valence-corrected chi connectivity index (χ0v) is 14.4. The van der Waals surface area contributed by atoms with Gasteiger partial charge < -0.3 is 9.80 Å². The van der Waals surface area contributed by atoms with E-state index in [1.165, 1.54) is 0 Å². The van der Waals surface area contributed by atoms with Gasteiger partial charge in [0.15, 0.2) is 5.82 Å². The largest absolute Gasteiger partial charge is 0.354 e. The molecule has 0 bridgehead atoms. The van der Waals surface area contributed by atoms with Crippen molar-refractivity contribution in [3.63, 3.8) is 0 Å². The number of piperidine rings is 1. The lowest BCUT2D eigenvalue weighted by Gasteiger charge is -2.34. The molecule has 126 valence electrons. The Balaban J connectivity index is 1.63. The molecule has 1 aliphatic rings. The first-order valence-electron chi connectivity index (χ1n) is 8.47. The minimum absolute atomic E-state index is 0.0237. The summed E-state index contributed by atoms with van der Waals surface area (Å²) in [4.78, 5) is 16.8. The number of carbonyl (C=O) groups excluding carboxylic acids is 1. The molecule has 0 aliphatic carbocycles. The molecule has 0 spiro atoms. The Morgan fingerprint density at radius 2 is 2.00 bits per heavy atom. The van der Waals surface area contributed by atoms with Crippen LogP contribution in [0.2, 0.25) is 0 Å². The number of amides is 1. The smallest absolute Gasteiger partial charge is 0.227 e. The molecule has 2 aromatic rings. The standard InChI is InChI=1S/C19H24N4O/c1-15-10-11-18(21-20-15)23-12-6-9-17(14-23)19(24)22(2)13-16-7-4-3-5-8-16/h3-5,7-8,10-11,17H,6,9,12-14H2,1-2H3. The lowest BCUT2D eigenvalue weighted by molar-refractivity contribution is -0.135. The molecule has 1 saturated heterocycles.